The topological polar surface area (TPSA) is 83.2 Å². The molecule has 4 heteroatoms. The molecule has 0 spiro atoms. The SMILES string of the molecule is NC(=O)C1CCCCC1C(=O)[O-]. The van der Waals surface area contributed by atoms with Gasteiger partial charge in [-0.2, -0.15) is 0 Å². The van der Waals surface area contributed by atoms with Crippen LogP contribution >= 0.6 is 0 Å². The summed E-state index contributed by atoms with van der Waals surface area (Å²) in [5, 5.41) is 10.6. The summed E-state index contributed by atoms with van der Waals surface area (Å²) < 4.78 is 0. The van der Waals surface area contributed by atoms with E-state index in [9.17, 15) is 14.7 Å². The highest BCUT2D eigenvalue weighted by atomic mass is 16.4. The molecule has 0 heterocycles. The molecule has 2 N–H and O–H groups in total. The Bertz CT molecular complexity index is 180. The first-order valence-corrected chi connectivity index (χ1v) is 4.13. The van der Waals surface area contributed by atoms with Gasteiger partial charge in [-0.05, 0) is 12.8 Å². The maximum atomic E-state index is 10.8. The summed E-state index contributed by atoms with van der Waals surface area (Å²) in [5.74, 6) is -2.82. The molecule has 0 aromatic heterocycles. The van der Waals surface area contributed by atoms with E-state index in [4.69, 9.17) is 5.73 Å². The Morgan fingerprint density at radius 3 is 2.00 bits per heavy atom. The molecule has 0 aromatic carbocycles. The standard InChI is InChI=1S/C8H13NO3/c9-7(10)5-3-1-2-4-6(5)8(11)12/h5-6H,1-4H2,(H2,9,10)(H,11,12)/p-1. The molecule has 0 bridgehead atoms. The van der Waals surface area contributed by atoms with Crippen molar-refractivity contribution in [1.82, 2.24) is 0 Å². The lowest BCUT2D eigenvalue weighted by atomic mass is 9.79. The zero-order chi connectivity index (χ0) is 9.14. The van der Waals surface area contributed by atoms with Crippen molar-refractivity contribution >= 4 is 11.9 Å². The lowest BCUT2D eigenvalue weighted by molar-refractivity contribution is -0.313. The number of nitrogens with two attached hydrogens (primary N) is 1. The summed E-state index contributed by atoms with van der Waals surface area (Å²) in [7, 11) is 0. The van der Waals surface area contributed by atoms with Crippen molar-refractivity contribution in [3.63, 3.8) is 0 Å². The van der Waals surface area contributed by atoms with Gasteiger partial charge >= 0.3 is 0 Å². The highest BCUT2D eigenvalue weighted by Crippen LogP contribution is 2.29. The Kier molecular flexibility index (Phi) is 2.68. The molecule has 12 heavy (non-hydrogen) atoms. The summed E-state index contributed by atoms with van der Waals surface area (Å²) in [5.41, 5.74) is 5.07. The molecule has 4 nitrogen and oxygen atoms in total. The molecule has 0 aromatic rings. The largest absolute Gasteiger partial charge is 0.550 e. The van der Waals surface area contributed by atoms with Crippen molar-refractivity contribution < 1.29 is 14.7 Å². The van der Waals surface area contributed by atoms with Gasteiger partial charge in [-0.25, -0.2) is 0 Å². The van der Waals surface area contributed by atoms with Gasteiger partial charge in [0.25, 0.3) is 0 Å². The molecular formula is C8H12NO3-. The third-order valence-corrected chi connectivity index (χ3v) is 2.43. The van der Waals surface area contributed by atoms with E-state index in [0.717, 1.165) is 12.8 Å². The average Bonchev–Trinajstić information content (AvgIpc) is 2.04. The Balaban J connectivity index is 2.67. The maximum Gasteiger partial charge on any atom is 0.221 e. The van der Waals surface area contributed by atoms with Crippen molar-refractivity contribution in [3.8, 4) is 0 Å². The zero-order valence-electron chi connectivity index (χ0n) is 6.79. The van der Waals surface area contributed by atoms with E-state index in [2.05, 4.69) is 0 Å². The molecule has 1 rings (SSSR count). The highest BCUT2D eigenvalue weighted by molar-refractivity contribution is 5.82. The molecule has 1 aliphatic carbocycles. The number of primary amides is 1. The van der Waals surface area contributed by atoms with Crippen LogP contribution in [0.15, 0.2) is 0 Å². The van der Waals surface area contributed by atoms with Gasteiger partial charge in [0.1, 0.15) is 0 Å². The molecule has 68 valence electrons. The van der Waals surface area contributed by atoms with Gasteiger partial charge in [-0.1, -0.05) is 12.8 Å². The number of hydrogen-bond donors (Lipinski definition) is 1. The summed E-state index contributed by atoms with van der Waals surface area (Å²) >= 11 is 0. The molecule has 1 saturated carbocycles. The second-order valence-electron chi connectivity index (χ2n) is 3.22. The summed E-state index contributed by atoms with van der Waals surface area (Å²) in [6.07, 6.45) is 2.85. The van der Waals surface area contributed by atoms with Crippen molar-refractivity contribution in [1.29, 1.82) is 0 Å². The number of hydrogen-bond acceptors (Lipinski definition) is 3. The van der Waals surface area contributed by atoms with Crippen molar-refractivity contribution in [2.45, 2.75) is 25.7 Å². The van der Waals surface area contributed by atoms with Crippen LogP contribution in [0.1, 0.15) is 25.7 Å². The molecule has 2 unspecified atom stereocenters. The van der Waals surface area contributed by atoms with Crippen LogP contribution in [0.4, 0.5) is 0 Å². The lowest BCUT2D eigenvalue weighted by Crippen LogP contribution is -2.42. The van der Waals surface area contributed by atoms with Gasteiger partial charge in [0.2, 0.25) is 5.91 Å². The Hall–Kier alpha value is -1.06. The predicted octanol–water partition coefficient (Wildman–Crippen LogP) is -0.972. The maximum absolute atomic E-state index is 10.8. The number of carboxylic acid groups (broad SMARTS) is 1. The third-order valence-electron chi connectivity index (χ3n) is 2.43. The molecule has 1 fully saturated rings. The first-order valence-electron chi connectivity index (χ1n) is 4.13. The smallest absolute Gasteiger partial charge is 0.221 e. The van der Waals surface area contributed by atoms with Crippen LogP contribution < -0.4 is 10.8 Å². The summed E-state index contributed by atoms with van der Waals surface area (Å²) in [6.45, 7) is 0. The van der Waals surface area contributed by atoms with E-state index >= 15 is 0 Å². The van der Waals surface area contributed by atoms with Crippen LogP contribution in [0.5, 0.6) is 0 Å². The van der Waals surface area contributed by atoms with Crippen LogP contribution in [0, 0.1) is 11.8 Å². The number of carboxylic acids is 1. The van der Waals surface area contributed by atoms with E-state index in [-0.39, 0.29) is 0 Å². The van der Waals surface area contributed by atoms with Crippen molar-refractivity contribution in [3.05, 3.63) is 0 Å². The van der Waals surface area contributed by atoms with E-state index in [1.807, 2.05) is 0 Å². The minimum absolute atomic E-state index is 0.510. The lowest BCUT2D eigenvalue weighted by Gasteiger charge is -2.29. The van der Waals surface area contributed by atoms with Gasteiger partial charge < -0.3 is 15.6 Å². The van der Waals surface area contributed by atoms with Crippen LogP contribution in [0.3, 0.4) is 0 Å². The van der Waals surface area contributed by atoms with Gasteiger partial charge in [0.15, 0.2) is 0 Å². The van der Waals surface area contributed by atoms with Crippen molar-refractivity contribution in [2.24, 2.45) is 17.6 Å². The average molecular weight is 170 g/mol. The minimum atomic E-state index is -1.14. The van der Waals surface area contributed by atoms with E-state index < -0.39 is 23.7 Å². The molecule has 1 aliphatic rings. The van der Waals surface area contributed by atoms with Crippen LogP contribution in [0.2, 0.25) is 0 Å². The Morgan fingerprint density at radius 2 is 1.67 bits per heavy atom. The first kappa shape index (κ1) is 9.03. The predicted molar refractivity (Wildman–Crippen MR) is 39.6 cm³/mol. The number of carbonyl (C=O) groups is 2. The van der Waals surface area contributed by atoms with E-state index in [0.29, 0.717) is 12.8 Å². The number of aliphatic carboxylic acids is 1. The van der Waals surface area contributed by atoms with Crippen LogP contribution in [0.25, 0.3) is 0 Å². The summed E-state index contributed by atoms with van der Waals surface area (Å²) in [6, 6.07) is 0. The quantitative estimate of drug-likeness (QED) is 0.578. The zero-order valence-corrected chi connectivity index (χ0v) is 6.79. The van der Waals surface area contributed by atoms with Gasteiger partial charge in [0, 0.05) is 17.8 Å². The van der Waals surface area contributed by atoms with Crippen LogP contribution in [-0.2, 0) is 9.59 Å². The second-order valence-corrected chi connectivity index (χ2v) is 3.22. The van der Waals surface area contributed by atoms with Gasteiger partial charge in [-0.15, -0.1) is 0 Å². The third kappa shape index (κ3) is 1.75. The normalized spacial score (nSPS) is 29.7. The Labute approximate surface area is 70.7 Å². The fraction of sp³-hybridized carbons (Fsp3) is 0.750. The molecule has 0 aliphatic heterocycles. The molecule has 0 saturated heterocycles. The van der Waals surface area contributed by atoms with Crippen molar-refractivity contribution in [2.75, 3.05) is 0 Å². The second kappa shape index (κ2) is 3.56. The Morgan fingerprint density at radius 1 is 1.17 bits per heavy atom. The molecule has 2 atom stereocenters. The molecule has 1 amide bonds. The van der Waals surface area contributed by atoms with Crippen LogP contribution in [-0.4, -0.2) is 11.9 Å². The fourth-order valence-electron chi connectivity index (χ4n) is 1.75. The minimum Gasteiger partial charge on any atom is -0.550 e. The number of rotatable bonds is 2. The van der Waals surface area contributed by atoms with Gasteiger partial charge in [-0.3, -0.25) is 4.79 Å². The number of carbonyl (C=O) groups excluding carboxylic acids is 2. The first-order chi connectivity index (χ1) is 5.63. The van der Waals surface area contributed by atoms with E-state index in [1.165, 1.54) is 0 Å². The molecular weight excluding hydrogens is 158 g/mol. The summed E-state index contributed by atoms with van der Waals surface area (Å²) in [4.78, 5) is 21.4. The monoisotopic (exact) mass is 170 g/mol. The fourth-order valence-corrected chi connectivity index (χ4v) is 1.75. The molecule has 0 radical (unpaired) electrons. The highest BCUT2D eigenvalue weighted by Gasteiger charge is 2.29. The number of amides is 1. The van der Waals surface area contributed by atoms with E-state index in [1.54, 1.807) is 0 Å². The van der Waals surface area contributed by atoms with Gasteiger partial charge in [0.05, 0.1) is 0 Å².